The Hall–Kier alpha value is -3.04. The zero-order valence-electron chi connectivity index (χ0n) is 16.8. The number of nitrogens with one attached hydrogen (secondary N) is 1. The van der Waals surface area contributed by atoms with E-state index in [1.807, 2.05) is 16.8 Å². The van der Waals surface area contributed by atoms with Gasteiger partial charge in [-0.2, -0.15) is 0 Å². The highest BCUT2D eigenvalue weighted by atomic mass is 79.9. The van der Waals surface area contributed by atoms with Crippen LogP contribution < -0.4 is 10.1 Å². The van der Waals surface area contributed by atoms with E-state index in [2.05, 4.69) is 41.5 Å². The van der Waals surface area contributed by atoms with Gasteiger partial charge in [0.15, 0.2) is 0 Å². The van der Waals surface area contributed by atoms with Crippen LogP contribution in [0.1, 0.15) is 28.8 Å². The van der Waals surface area contributed by atoms with Crippen LogP contribution >= 0.6 is 27.5 Å². The number of carbonyl (C=O) groups excluding carboxylic acids is 1. The van der Waals surface area contributed by atoms with E-state index >= 15 is 0 Å². The Bertz CT molecular complexity index is 1290. The minimum absolute atomic E-state index is 0.189. The van der Waals surface area contributed by atoms with Crippen molar-refractivity contribution in [3.05, 3.63) is 69.5 Å². The summed E-state index contributed by atoms with van der Waals surface area (Å²) in [6.07, 6.45) is 7.11. The summed E-state index contributed by atoms with van der Waals surface area (Å²) < 4.78 is 8.71. The molecule has 32 heavy (non-hydrogen) atoms. The number of fused-ring (bicyclic) bond motifs is 1. The van der Waals surface area contributed by atoms with E-state index in [0.29, 0.717) is 38.2 Å². The zero-order chi connectivity index (χ0) is 22.1. The number of amides is 1. The van der Waals surface area contributed by atoms with E-state index in [4.69, 9.17) is 16.3 Å². The Morgan fingerprint density at radius 2 is 2.16 bits per heavy atom. The molecule has 0 atom stereocenters. The smallest absolute Gasteiger partial charge is 0.253 e. The van der Waals surface area contributed by atoms with Crippen molar-refractivity contribution in [1.29, 1.82) is 0 Å². The second-order valence-corrected chi connectivity index (χ2v) is 8.83. The fourth-order valence-electron chi connectivity index (χ4n) is 3.31. The summed E-state index contributed by atoms with van der Waals surface area (Å²) in [7, 11) is 0. The van der Waals surface area contributed by atoms with E-state index in [9.17, 15) is 4.79 Å². The fourth-order valence-corrected chi connectivity index (χ4v) is 3.99. The number of halogens is 2. The summed E-state index contributed by atoms with van der Waals surface area (Å²) in [5.74, 6) is 1.33. The van der Waals surface area contributed by atoms with Gasteiger partial charge in [-0.05, 0) is 65.0 Å². The Balaban J connectivity index is 1.37. The third-order valence-electron chi connectivity index (χ3n) is 5.18. The van der Waals surface area contributed by atoms with Gasteiger partial charge >= 0.3 is 0 Å². The number of ether oxygens (including phenoxy) is 1. The van der Waals surface area contributed by atoms with E-state index in [0.717, 1.165) is 17.6 Å². The van der Waals surface area contributed by atoms with Crippen molar-refractivity contribution >= 4 is 44.5 Å². The second-order valence-electron chi connectivity index (χ2n) is 7.60. The number of hydrogen-bond acceptors (Lipinski definition) is 6. The third kappa shape index (κ3) is 4.44. The molecule has 1 amide bonds. The van der Waals surface area contributed by atoms with E-state index in [-0.39, 0.29) is 12.5 Å². The molecule has 0 spiro atoms. The summed E-state index contributed by atoms with van der Waals surface area (Å²) in [6.45, 7) is 1.07. The molecule has 1 aromatic carbocycles. The standard InChI is InChI=1S/C22H18BrClN6O2/c23-19-18(6-5-17-20(19)28-29-30(17)12-13-3-4-13)32-22-15(8-16(24)11-27-22)10-26-21(31)14-2-1-7-25-9-14/h1-2,5-9,11,13H,3-4,10,12H2,(H,26,31). The number of carbonyl (C=O) groups is 1. The van der Waals surface area contributed by atoms with Crippen LogP contribution in [-0.2, 0) is 13.1 Å². The topological polar surface area (TPSA) is 94.8 Å². The molecule has 0 aliphatic heterocycles. The average Bonchev–Trinajstić information content (AvgIpc) is 3.54. The van der Waals surface area contributed by atoms with Crippen molar-refractivity contribution < 1.29 is 9.53 Å². The number of benzene rings is 1. The SMILES string of the molecule is O=C(NCc1cc(Cl)cnc1Oc1ccc2c(nnn2CC2CC2)c1Br)c1cccnc1. The summed E-state index contributed by atoms with van der Waals surface area (Å²) in [6, 6.07) is 8.91. The predicted octanol–water partition coefficient (Wildman–Crippen LogP) is 4.77. The molecule has 8 nitrogen and oxygen atoms in total. The van der Waals surface area contributed by atoms with E-state index < -0.39 is 0 Å². The number of aromatic nitrogens is 5. The lowest BCUT2D eigenvalue weighted by Gasteiger charge is -2.13. The number of rotatable bonds is 7. The second kappa shape index (κ2) is 8.84. The molecule has 1 aliphatic rings. The van der Waals surface area contributed by atoms with Crippen LogP contribution in [0.5, 0.6) is 11.6 Å². The van der Waals surface area contributed by atoms with Crippen molar-refractivity contribution in [3.8, 4) is 11.6 Å². The Morgan fingerprint density at radius 3 is 2.94 bits per heavy atom. The molecule has 4 aromatic rings. The van der Waals surface area contributed by atoms with Gasteiger partial charge in [0.2, 0.25) is 5.88 Å². The molecule has 162 valence electrons. The van der Waals surface area contributed by atoms with Gasteiger partial charge in [-0.1, -0.05) is 16.8 Å². The lowest BCUT2D eigenvalue weighted by Crippen LogP contribution is -2.23. The summed E-state index contributed by atoms with van der Waals surface area (Å²) in [5.41, 5.74) is 2.78. The number of pyridine rings is 2. The molecule has 0 saturated heterocycles. The maximum absolute atomic E-state index is 12.4. The van der Waals surface area contributed by atoms with Crippen molar-refractivity contribution in [2.24, 2.45) is 5.92 Å². The van der Waals surface area contributed by atoms with Crippen LogP contribution in [0.3, 0.4) is 0 Å². The fraction of sp³-hybridized carbons (Fsp3) is 0.227. The van der Waals surface area contributed by atoms with Crippen LogP contribution in [0.25, 0.3) is 11.0 Å². The summed E-state index contributed by atoms with van der Waals surface area (Å²) in [4.78, 5) is 20.7. The predicted molar refractivity (Wildman–Crippen MR) is 123 cm³/mol. The first-order valence-electron chi connectivity index (χ1n) is 10.1. The molecule has 0 radical (unpaired) electrons. The first-order valence-corrected chi connectivity index (χ1v) is 11.3. The quantitative estimate of drug-likeness (QED) is 0.382. The highest BCUT2D eigenvalue weighted by Crippen LogP contribution is 2.37. The van der Waals surface area contributed by atoms with Gasteiger partial charge in [-0.25, -0.2) is 9.67 Å². The maximum Gasteiger partial charge on any atom is 0.253 e. The molecule has 5 rings (SSSR count). The monoisotopic (exact) mass is 512 g/mol. The molecular formula is C22H18BrClN6O2. The zero-order valence-corrected chi connectivity index (χ0v) is 19.2. The molecule has 0 unspecified atom stereocenters. The summed E-state index contributed by atoms with van der Waals surface area (Å²) in [5, 5.41) is 11.9. The van der Waals surface area contributed by atoms with Crippen LogP contribution in [0.2, 0.25) is 5.02 Å². The molecule has 10 heteroatoms. The Labute approximate surface area is 197 Å². The average molecular weight is 514 g/mol. The molecule has 3 aromatic heterocycles. The first-order chi connectivity index (χ1) is 15.6. The van der Waals surface area contributed by atoms with Crippen LogP contribution in [0.15, 0.2) is 53.4 Å². The van der Waals surface area contributed by atoms with Crippen LogP contribution in [0.4, 0.5) is 0 Å². The lowest BCUT2D eigenvalue weighted by atomic mass is 10.2. The molecule has 1 N–H and O–H groups in total. The molecule has 1 fully saturated rings. The lowest BCUT2D eigenvalue weighted by molar-refractivity contribution is 0.0950. The number of nitrogens with zero attached hydrogens (tertiary/aromatic N) is 5. The molecular weight excluding hydrogens is 496 g/mol. The summed E-state index contributed by atoms with van der Waals surface area (Å²) >= 11 is 9.73. The minimum atomic E-state index is -0.251. The highest BCUT2D eigenvalue weighted by molar-refractivity contribution is 9.10. The molecule has 1 saturated carbocycles. The third-order valence-corrected chi connectivity index (χ3v) is 6.15. The molecule has 1 aliphatic carbocycles. The number of hydrogen-bond donors (Lipinski definition) is 1. The minimum Gasteiger partial charge on any atom is -0.437 e. The van der Waals surface area contributed by atoms with Gasteiger partial charge in [0.05, 0.1) is 20.6 Å². The van der Waals surface area contributed by atoms with Crippen molar-refractivity contribution in [2.75, 3.05) is 0 Å². The van der Waals surface area contributed by atoms with Crippen molar-refractivity contribution in [2.45, 2.75) is 25.9 Å². The molecule has 3 heterocycles. The van der Waals surface area contributed by atoms with E-state index in [1.54, 1.807) is 24.4 Å². The molecule has 0 bridgehead atoms. The normalized spacial score (nSPS) is 13.3. The van der Waals surface area contributed by atoms with Crippen molar-refractivity contribution in [3.63, 3.8) is 0 Å². The van der Waals surface area contributed by atoms with Gasteiger partial charge in [-0.3, -0.25) is 9.78 Å². The van der Waals surface area contributed by atoms with Gasteiger partial charge in [0.1, 0.15) is 11.3 Å². The maximum atomic E-state index is 12.4. The van der Waals surface area contributed by atoms with E-state index in [1.165, 1.54) is 25.2 Å². The van der Waals surface area contributed by atoms with Crippen LogP contribution in [-0.4, -0.2) is 30.9 Å². The highest BCUT2D eigenvalue weighted by Gasteiger charge is 2.24. The first kappa shape index (κ1) is 20.8. The Kier molecular flexibility index (Phi) is 5.75. The van der Waals surface area contributed by atoms with Crippen LogP contribution in [0, 0.1) is 5.92 Å². The largest absolute Gasteiger partial charge is 0.437 e. The van der Waals surface area contributed by atoms with Gasteiger partial charge in [0.25, 0.3) is 5.91 Å². The Morgan fingerprint density at radius 1 is 1.28 bits per heavy atom. The van der Waals surface area contributed by atoms with Gasteiger partial charge in [0, 0.05) is 37.2 Å². The van der Waals surface area contributed by atoms with Gasteiger partial charge in [-0.15, -0.1) is 5.10 Å². The van der Waals surface area contributed by atoms with Crippen molar-refractivity contribution in [1.82, 2.24) is 30.3 Å². The van der Waals surface area contributed by atoms with Gasteiger partial charge < -0.3 is 10.1 Å².